The van der Waals surface area contributed by atoms with Gasteiger partial charge >= 0.3 is 0 Å². The summed E-state index contributed by atoms with van der Waals surface area (Å²) in [5.41, 5.74) is 5.90. The Labute approximate surface area is 188 Å². The minimum absolute atomic E-state index is 0.00908. The predicted molar refractivity (Wildman–Crippen MR) is 123 cm³/mol. The first kappa shape index (κ1) is 21.8. The third-order valence-corrected chi connectivity index (χ3v) is 5.84. The molecule has 0 bridgehead atoms. The van der Waals surface area contributed by atoms with Gasteiger partial charge in [-0.2, -0.15) is 5.26 Å². The third kappa shape index (κ3) is 4.32. The number of nitrogens with one attached hydrogen (secondary N) is 1. The van der Waals surface area contributed by atoms with Crippen molar-refractivity contribution in [3.8, 4) is 11.8 Å². The fraction of sp³-hybridized carbons (Fsp3) is 0.400. The summed E-state index contributed by atoms with van der Waals surface area (Å²) in [7, 11) is 1.62. The normalized spacial score (nSPS) is 17.4. The van der Waals surface area contributed by atoms with E-state index in [1.165, 1.54) is 0 Å². The smallest absolute Gasteiger partial charge is 0.254 e. The molecule has 7 heteroatoms. The number of aromatic nitrogens is 1. The van der Waals surface area contributed by atoms with Crippen molar-refractivity contribution in [2.45, 2.75) is 32.8 Å². The molecule has 1 aliphatic carbocycles. The van der Waals surface area contributed by atoms with Crippen LogP contribution in [0.15, 0.2) is 30.3 Å². The van der Waals surface area contributed by atoms with E-state index in [0.717, 1.165) is 34.7 Å². The van der Waals surface area contributed by atoms with Crippen molar-refractivity contribution in [3.63, 3.8) is 0 Å². The highest BCUT2D eigenvalue weighted by Gasteiger charge is 2.24. The van der Waals surface area contributed by atoms with E-state index in [1.54, 1.807) is 7.11 Å². The van der Waals surface area contributed by atoms with Gasteiger partial charge in [0.15, 0.2) is 0 Å². The molecule has 1 fully saturated rings. The van der Waals surface area contributed by atoms with E-state index in [4.69, 9.17) is 14.5 Å². The molecule has 2 aliphatic rings. The Morgan fingerprint density at radius 2 is 2.25 bits per heavy atom. The molecule has 0 saturated carbocycles. The molecule has 32 heavy (non-hydrogen) atoms. The van der Waals surface area contributed by atoms with Crippen LogP contribution in [0.1, 0.15) is 46.7 Å². The first-order valence-electron chi connectivity index (χ1n) is 11.0. The average molecular weight is 433 g/mol. The summed E-state index contributed by atoms with van der Waals surface area (Å²) in [6.45, 7) is 6.51. The minimum atomic E-state index is -0.00908. The van der Waals surface area contributed by atoms with Gasteiger partial charge < -0.3 is 19.7 Å². The molecule has 7 nitrogen and oxygen atoms in total. The van der Waals surface area contributed by atoms with Crippen LogP contribution < -0.4 is 10.1 Å². The lowest BCUT2D eigenvalue weighted by Gasteiger charge is -2.31. The molecular weight excluding hydrogens is 404 g/mol. The number of rotatable bonds is 6. The lowest BCUT2D eigenvalue weighted by molar-refractivity contribution is -0.0124. The van der Waals surface area contributed by atoms with Crippen molar-refractivity contribution < 1.29 is 14.3 Å². The van der Waals surface area contributed by atoms with Gasteiger partial charge in [-0.15, -0.1) is 0 Å². The molecule has 1 aromatic heterocycles. The maximum absolute atomic E-state index is 12.9. The van der Waals surface area contributed by atoms with Gasteiger partial charge in [0.25, 0.3) is 5.91 Å². The minimum Gasteiger partial charge on any atom is -0.496 e. The second kappa shape index (κ2) is 9.41. The van der Waals surface area contributed by atoms with Crippen molar-refractivity contribution in [2.75, 3.05) is 38.7 Å². The van der Waals surface area contributed by atoms with Gasteiger partial charge in [-0.25, -0.2) is 0 Å². The van der Waals surface area contributed by atoms with Crippen LogP contribution in [0.2, 0.25) is 0 Å². The molecule has 1 aliphatic heterocycles. The first-order valence-corrected chi connectivity index (χ1v) is 11.0. The molecular formula is C25H28N4O3. The summed E-state index contributed by atoms with van der Waals surface area (Å²) in [6, 6.07) is 9.88. The summed E-state index contributed by atoms with van der Waals surface area (Å²) in [5.74, 6) is 0.658. The Morgan fingerprint density at radius 3 is 2.97 bits per heavy atom. The average Bonchev–Trinajstić information content (AvgIpc) is 3.22. The summed E-state index contributed by atoms with van der Waals surface area (Å²) in [4.78, 5) is 19.6. The number of pyridine rings is 1. The number of nitriles is 1. The van der Waals surface area contributed by atoms with Crippen LogP contribution in [-0.4, -0.2) is 55.2 Å². The van der Waals surface area contributed by atoms with Crippen LogP contribution >= 0.6 is 0 Å². The Bertz CT molecular complexity index is 1100. The zero-order valence-corrected chi connectivity index (χ0v) is 18.8. The van der Waals surface area contributed by atoms with E-state index in [1.807, 2.05) is 49.1 Å². The second-order valence-corrected chi connectivity index (χ2v) is 8.08. The number of carbonyl (C=O) groups is 1. The highest BCUT2D eigenvalue weighted by Crippen LogP contribution is 2.34. The van der Waals surface area contributed by atoms with E-state index in [0.29, 0.717) is 49.4 Å². The van der Waals surface area contributed by atoms with Gasteiger partial charge in [-0.05, 0) is 32.0 Å². The molecule has 1 amide bonds. The number of hydrogen-bond acceptors (Lipinski definition) is 6. The summed E-state index contributed by atoms with van der Waals surface area (Å²) in [6.07, 6.45) is 3.20. The van der Waals surface area contributed by atoms with Gasteiger partial charge in [0.05, 0.1) is 37.2 Å². The fourth-order valence-electron chi connectivity index (χ4n) is 4.33. The number of carbonyl (C=O) groups excluding carboxylic acids is 1. The molecule has 4 rings (SSSR count). The number of fused-ring (bicyclic) bond motifs is 1. The molecule has 166 valence electrons. The lowest BCUT2D eigenvalue weighted by Crippen LogP contribution is -2.44. The maximum Gasteiger partial charge on any atom is 0.254 e. The predicted octanol–water partition coefficient (Wildman–Crippen LogP) is 3.44. The van der Waals surface area contributed by atoms with Crippen LogP contribution in [0.3, 0.4) is 0 Å². The summed E-state index contributed by atoms with van der Waals surface area (Å²) < 4.78 is 11.2. The molecule has 1 aromatic carbocycles. The number of methoxy groups -OCH3 is 1. The highest BCUT2D eigenvalue weighted by molar-refractivity contribution is 5.95. The van der Waals surface area contributed by atoms with Crippen molar-refractivity contribution >= 4 is 17.2 Å². The van der Waals surface area contributed by atoms with E-state index in [-0.39, 0.29) is 12.0 Å². The Hall–Kier alpha value is -3.37. The Balaban J connectivity index is 1.59. The molecule has 2 heterocycles. The zero-order chi connectivity index (χ0) is 22.7. The van der Waals surface area contributed by atoms with Gasteiger partial charge in [0, 0.05) is 60.5 Å². The van der Waals surface area contributed by atoms with E-state index >= 15 is 0 Å². The standard InChI is InChI=1S/C25H28N4O3/c1-4-27-22-13-20(28-21-8-7-19(14-26)24(21)22)11-17-5-6-18(12-23(17)31-3)25(30)29-9-10-32-16(2)15-29/h5-7,12-13,16H,4,8-11,15H2,1-3H3,(H,27,28)/t16-/m0/s1. The number of hydrogen-bond donors (Lipinski definition) is 1. The second-order valence-electron chi connectivity index (χ2n) is 8.08. The molecule has 1 N–H and O–H groups in total. The third-order valence-electron chi connectivity index (χ3n) is 5.84. The number of benzene rings is 1. The van der Waals surface area contributed by atoms with Crippen LogP contribution in [0.25, 0.3) is 5.57 Å². The number of ether oxygens (including phenoxy) is 2. The van der Waals surface area contributed by atoms with Gasteiger partial charge in [0.1, 0.15) is 5.75 Å². The van der Waals surface area contributed by atoms with Gasteiger partial charge in [-0.3, -0.25) is 9.78 Å². The van der Waals surface area contributed by atoms with Gasteiger partial charge in [0.2, 0.25) is 0 Å². The number of allylic oxidation sites excluding steroid dienone is 2. The van der Waals surface area contributed by atoms with Crippen LogP contribution in [-0.2, 0) is 17.6 Å². The fourth-order valence-corrected chi connectivity index (χ4v) is 4.33. The first-order chi connectivity index (χ1) is 15.5. The van der Waals surface area contributed by atoms with Crippen LogP contribution in [0.4, 0.5) is 5.69 Å². The Kier molecular flexibility index (Phi) is 6.42. The topological polar surface area (TPSA) is 87.5 Å². The number of anilines is 1. The lowest BCUT2D eigenvalue weighted by atomic mass is 10.0. The molecule has 0 radical (unpaired) electrons. The molecule has 2 aromatic rings. The number of morpholine rings is 1. The SMILES string of the molecule is CCNc1cc(Cc2ccc(C(=O)N3CCO[C@@H](C)C3)cc2OC)nc2c1C(C#N)=CC2. The van der Waals surface area contributed by atoms with E-state index in [9.17, 15) is 10.1 Å². The quantitative estimate of drug-likeness (QED) is 0.752. The Morgan fingerprint density at radius 1 is 1.41 bits per heavy atom. The van der Waals surface area contributed by atoms with Crippen LogP contribution in [0, 0.1) is 11.3 Å². The largest absolute Gasteiger partial charge is 0.496 e. The van der Waals surface area contributed by atoms with Crippen molar-refractivity contribution in [2.24, 2.45) is 0 Å². The molecule has 1 saturated heterocycles. The van der Waals surface area contributed by atoms with Crippen molar-refractivity contribution in [3.05, 3.63) is 58.4 Å². The maximum atomic E-state index is 12.9. The monoisotopic (exact) mass is 432 g/mol. The molecule has 0 spiro atoms. The van der Waals surface area contributed by atoms with Crippen molar-refractivity contribution in [1.82, 2.24) is 9.88 Å². The van der Waals surface area contributed by atoms with E-state index < -0.39 is 0 Å². The zero-order valence-electron chi connectivity index (χ0n) is 18.8. The van der Waals surface area contributed by atoms with E-state index in [2.05, 4.69) is 11.4 Å². The summed E-state index contributed by atoms with van der Waals surface area (Å²) in [5, 5.41) is 12.8. The summed E-state index contributed by atoms with van der Waals surface area (Å²) >= 11 is 0. The number of amides is 1. The highest BCUT2D eigenvalue weighted by atomic mass is 16.5. The molecule has 0 unspecified atom stereocenters. The van der Waals surface area contributed by atoms with Crippen molar-refractivity contribution in [1.29, 1.82) is 5.26 Å². The van der Waals surface area contributed by atoms with Gasteiger partial charge in [-0.1, -0.05) is 12.1 Å². The molecule has 1 atom stereocenters. The van der Waals surface area contributed by atoms with Crippen LogP contribution in [0.5, 0.6) is 5.75 Å². The number of nitrogens with zero attached hydrogens (tertiary/aromatic N) is 3.